The fourth-order valence-electron chi connectivity index (χ4n) is 1.34. The van der Waals surface area contributed by atoms with Crippen molar-refractivity contribution >= 4 is 9.92 Å². The largest absolute Gasteiger partial charge is 0.240 e. The van der Waals surface area contributed by atoms with Gasteiger partial charge < -0.3 is 0 Å². The molecule has 0 radical (unpaired) electrons. The van der Waals surface area contributed by atoms with Crippen LogP contribution in [0.2, 0.25) is 0 Å². The van der Waals surface area contributed by atoms with Crippen LogP contribution in [0.5, 0.6) is 0 Å². The predicted molar refractivity (Wildman–Crippen MR) is 46.8 cm³/mol. The molecule has 66 valence electrons. The molecule has 4 heteroatoms. The van der Waals surface area contributed by atoms with Crippen LogP contribution in [0, 0.1) is 4.78 Å². The van der Waals surface area contributed by atoms with Crippen LogP contribution in [-0.4, -0.2) is 27.4 Å². The van der Waals surface area contributed by atoms with Gasteiger partial charge in [0, 0.05) is 18.8 Å². The molecule has 1 atom stereocenters. The first kappa shape index (κ1) is 9.00. The Labute approximate surface area is 68.9 Å². The summed E-state index contributed by atoms with van der Waals surface area (Å²) >= 11 is 0. The lowest BCUT2D eigenvalue weighted by Crippen LogP contribution is -2.35. The third-order valence-corrected chi connectivity index (χ3v) is 4.11. The molecule has 1 rings (SSSR count). The first-order valence-corrected chi connectivity index (χ1v) is 5.87. The van der Waals surface area contributed by atoms with Gasteiger partial charge >= 0.3 is 0 Å². The zero-order valence-corrected chi connectivity index (χ0v) is 7.82. The Hall–Kier alpha value is -0.0900. The maximum Gasteiger partial charge on any atom is 0.107 e. The highest BCUT2D eigenvalue weighted by Gasteiger charge is 2.18. The summed E-state index contributed by atoms with van der Waals surface area (Å²) in [5.41, 5.74) is 0. The second kappa shape index (κ2) is 3.54. The number of nitrogens with one attached hydrogen (secondary N) is 1. The predicted octanol–water partition coefficient (Wildman–Crippen LogP) is 1.45. The van der Waals surface area contributed by atoms with Crippen molar-refractivity contribution in [1.82, 2.24) is 4.31 Å². The SMILES string of the molecule is CCS(=N)(=O)N1CCCCC1. The third kappa shape index (κ3) is 2.17. The molecule has 0 bridgehead atoms. The average Bonchev–Trinajstić information content (AvgIpc) is 2.06. The number of piperidine rings is 1. The van der Waals surface area contributed by atoms with Crippen LogP contribution >= 0.6 is 0 Å². The van der Waals surface area contributed by atoms with Gasteiger partial charge in [-0.1, -0.05) is 13.3 Å². The van der Waals surface area contributed by atoms with Gasteiger partial charge in [0.15, 0.2) is 0 Å². The zero-order valence-electron chi connectivity index (χ0n) is 7.01. The summed E-state index contributed by atoms with van der Waals surface area (Å²) in [4.78, 5) is 0. The molecule has 1 aliphatic heterocycles. The zero-order chi connectivity index (χ0) is 8.32. The highest BCUT2D eigenvalue weighted by atomic mass is 32.2. The molecule has 1 fully saturated rings. The smallest absolute Gasteiger partial charge is 0.107 e. The Bertz CT molecular complexity index is 204. The van der Waals surface area contributed by atoms with Gasteiger partial charge in [0.1, 0.15) is 9.92 Å². The summed E-state index contributed by atoms with van der Waals surface area (Å²) in [6.07, 6.45) is 3.45. The van der Waals surface area contributed by atoms with E-state index in [9.17, 15) is 4.21 Å². The Kier molecular flexibility index (Phi) is 2.90. The van der Waals surface area contributed by atoms with E-state index in [0.717, 1.165) is 25.9 Å². The molecule has 1 aliphatic rings. The minimum Gasteiger partial charge on any atom is -0.240 e. The lowest BCUT2D eigenvalue weighted by Gasteiger charge is -2.27. The van der Waals surface area contributed by atoms with Crippen molar-refractivity contribution < 1.29 is 4.21 Å². The van der Waals surface area contributed by atoms with Crippen molar-refractivity contribution in [2.24, 2.45) is 0 Å². The molecule has 0 aromatic rings. The second-order valence-electron chi connectivity index (χ2n) is 2.92. The molecule has 0 spiro atoms. The first-order valence-electron chi connectivity index (χ1n) is 4.18. The summed E-state index contributed by atoms with van der Waals surface area (Å²) in [6, 6.07) is 0. The molecule has 1 saturated heterocycles. The van der Waals surface area contributed by atoms with Crippen LogP contribution in [0.15, 0.2) is 0 Å². The lowest BCUT2D eigenvalue weighted by molar-refractivity contribution is 0.361. The van der Waals surface area contributed by atoms with Crippen LogP contribution in [0.4, 0.5) is 0 Å². The maximum atomic E-state index is 11.5. The summed E-state index contributed by atoms with van der Waals surface area (Å²) < 4.78 is 20.9. The highest BCUT2D eigenvalue weighted by Crippen LogP contribution is 2.13. The van der Waals surface area contributed by atoms with E-state index in [1.807, 2.05) is 11.2 Å². The van der Waals surface area contributed by atoms with Crippen LogP contribution in [0.1, 0.15) is 26.2 Å². The molecule has 3 nitrogen and oxygen atoms in total. The standard InChI is InChI=1S/C7H16N2OS/c1-2-11(8,10)9-6-4-3-5-7-9/h8H,2-7H2,1H3. The third-order valence-electron chi connectivity index (χ3n) is 2.12. The second-order valence-corrected chi connectivity index (χ2v) is 5.29. The van der Waals surface area contributed by atoms with Gasteiger partial charge in [-0.15, -0.1) is 0 Å². The van der Waals surface area contributed by atoms with Crippen LogP contribution in [-0.2, 0) is 9.92 Å². The van der Waals surface area contributed by atoms with E-state index in [2.05, 4.69) is 0 Å². The fourth-order valence-corrected chi connectivity index (χ4v) is 2.56. The van der Waals surface area contributed by atoms with E-state index in [1.54, 1.807) is 0 Å². The fraction of sp³-hybridized carbons (Fsp3) is 1.00. The summed E-state index contributed by atoms with van der Waals surface area (Å²) in [5, 5.41) is 0. The number of nitrogens with zero attached hydrogens (tertiary/aromatic N) is 1. The molecule has 0 aromatic carbocycles. The van der Waals surface area contributed by atoms with Crippen molar-refractivity contribution in [3.05, 3.63) is 0 Å². The molecule has 1 heterocycles. The van der Waals surface area contributed by atoms with E-state index < -0.39 is 9.92 Å². The number of rotatable bonds is 2. The quantitative estimate of drug-likeness (QED) is 0.680. The Balaban J connectivity index is 2.58. The monoisotopic (exact) mass is 176 g/mol. The molecule has 0 saturated carbocycles. The molecule has 0 amide bonds. The van der Waals surface area contributed by atoms with Gasteiger partial charge in [0.25, 0.3) is 0 Å². The molecular weight excluding hydrogens is 160 g/mol. The average molecular weight is 176 g/mol. The molecule has 1 N–H and O–H groups in total. The Morgan fingerprint density at radius 3 is 2.36 bits per heavy atom. The van der Waals surface area contributed by atoms with Gasteiger partial charge in [-0.3, -0.25) is 0 Å². The van der Waals surface area contributed by atoms with Crippen molar-refractivity contribution in [2.45, 2.75) is 26.2 Å². The van der Waals surface area contributed by atoms with Gasteiger partial charge in [0.2, 0.25) is 0 Å². The number of hydrogen-bond acceptors (Lipinski definition) is 2. The van der Waals surface area contributed by atoms with E-state index >= 15 is 0 Å². The van der Waals surface area contributed by atoms with Gasteiger partial charge in [-0.25, -0.2) is 13.3 Å². The summed E-state index contributed by atoms with van der Waals surface area (Å²) in [6.45, 7) is 3.54. The van der Waals surface area contributed by atoms with Crippen molar-refractivity contribution in [3.8, 4) is 0 Å². The lowest BCUT2D eigenvalue weighted by atomic mass is 10.2. The van der Waals surface area contributed by atoms with E-state index in [1.165, 1.54) is 6.42 Å². The summed E-state index contributed by atoms with van der Waals surface area (Å²) in [7, 11) is -2.39. The minimum atomic E-state index is -2.39. The van der Waals surface area contributed by atoms with Gasteiger partial charge in [-0.05, 0) is 12.8 Å². The first-order chi connectivity index (χ1) is 5.17. The molecular formula is C7H16N2OS. The van der Waals surface area contributed by atoms with Crippen LogP contribution in [0.25, 0.3) is 0 Å². The molecule has 1 unspecified atom stereocenters. The van der Waals surface area contributed by atoms with Crippen molar-refractivity contribution in [1.29, 1.82) is 4.78 Å². The van der Waals surface area contributed by atoms with Crippen LogP contribution in [0.3, 0.4) is 0 Å². The molecule has 0 aromatic heterocycles. The molecule has 11 heavy (non-hydrogen) atoms. The Morgan fingerprint density at radius 2 is 1.91 bits per heavy atom. The van der Waals surface area contributed by atoms with Gasteiger partial charge in [-0.2, -0.15) is 0 Å². The minimum absolute atomic E-state index is 0.465. The van der Waals surface area contributed by atoms with E-state index in [0.29, 0.717) is 5.75 Å². The topological polar surface area (TPSA) is 44.2 Å². The van der Waals surface area contributed by atoms with Gasteiger partial charge in [0.05, 0.1) is 0 Å². The van der Waals surface area contributed by atoms with Crippen LogP contribution < -0.4 is 0 Å². The molecule has 0 aliphatic carbocycles. The van der Waals surface area contributed by atoms with Crippen molar-refractivity contribution in [2.75, 3.05) is 18.8 Å². The maximum absolute atomic E-state index is 11.5. The number of hydrogen-bond donors (Lipinski definition) is 1. The highest BCUT2D eigenvalue weighted by molar-refractivity contribution is 7.90. The van der Waals surface area contributed by atoms with E-state index in [-0.39, 0.29) is 0 Å². The Morgan fingerprint density at radius 1 is 1.36 bits per heavy atom. The van der Waals surface area contributed by atoms with E-state index in [4.69, 9.17) is 4.78 Å². The normalized spacial score (nSPS) is 26.3. The summed E-state index contributed by atoms with van der Waals surface area (Å²) in [5.74, 6) is 0.465. The van der Waals surface area contributed by atoms with Crippen molar-refractivity contribution in [3.63, 3.8) is 0 Å².